The molecule has 1 aromatic heterocycles. The molecule has 1 aliphatic heterocycles. The Labute approximate surface area is 92.8 Å². The van der Waals surface area contributed by atoms with E-state index in [1.54, 1.807) is 0 Å². The van der Waals surface area contributed by atoms with Crippen molar-refractivity contribution in [1.82, 2.24) is 4.98 Å². The standard InChI is InChI=1S/C10H12ClFN2O/c1-7-6-14(2-3-15-7)10-9(12)4-8(11)5-13-10/h4-5,7H,2-3,6H2,1H3. The first kappa shape index (κ1) is 10.6. The summed E-state index contributed by atoms with van der Waals surface area (Å²) in [5, 5.41) is 0.317. The second kappa shape index (κ2) is 4.33. The number of pyridine rings is 1. The highest BCUT2D eigenvalue weighted by atomic mass is 35.5. The monoisotopic (exact) mass is 230 g/mol. The van der Waals surface area contributed by atoms with E-state index >= 15 is 0 Å². The average molecular weight is 231 g/mol. The van der Waals surface area contributed by atoms with Crippen LogP contribution in [0.4, 0.5) is 10.2 Å². The van der Waals surface area contributed by atoms with Crippen LogP contribution in [0.2, 0.25) is 5.02 Å². The maximum Gasteiger partial charge on any atom is 0.167 e. The molecule has 82 valence electrons. The second-order valence-electron chi connectivity index (χ2n) is 3.59. The number of anilines is 1. The summed E-state index contributed by atoms with van der Waals surface area (Å²) in [4.78, 5) is 5.87. The number of halogens is 2. The van der Waals surface area contributed by atoms with Crippen molar-refractivity contribution < 1.29 is 9.13 Å². The maximum atomic E-state index is 13.5. The molecule has 0 aromatic carbocycles. The minimum atomic E-state index is -0.378. The molecule has 15 heavy (non-hydrogen) atoms. The molecule has 0 radical (unpaired) electrons. The van der Waals surface area contributed by atoms with Gasteiger partial charge in [-0.3, -0.25) is 0 Å². The van der Waals surface area contributed by atoms with Gasteiger partial charge in [-0.1, -0.05) is 11.6 Å². The number of nitrogens with zero attached hydrogens (tertiary/aromatic N) is 2. The molecule has 1 aromatic rings. The third-order valence-electron chi connectivity index (χ3n) is 2.33. The van der Waals surface area contributed by atoms with Crippen LogP contribution >= 0.6 is 11.6 Å². The van der Waals surface area contributed by atoms with E-state index in [2.05, 4.69) is 4.98 Å². The molecule has 0 spiro atoms. The Hall–Kier alpha value is -0.870. The highest BCUT2D eigenvalue weighted by molar-refractivity contribution is 6.30. The van der Waals surface area contributed by atoms with Crippen molar-refractivity contribution >= 4 is 17.4 Å². The molecular weight excluding hydrogens is 219 g/mol. The Balaban J connectivity index is 2.21. The minimum Gasteiger partial charge on any atom is -0.375 e. The van der Waals surface area contributed by atoms with Crippen molar-refractivity contribution in [1.29, 1.82) is 0 Å². The van der Waals surface area contributed by atoms with Gasteiger partial charge in [0.15, 0.2) is 11.6 Å². The molecule has 1 fully saturated rings. The van der Waals surface area contributed by atoms with E-state index in [0.717, 1.165) is 0 Å². The fraction of sp³-hybridized carbons (Fsp3) is 0.500. The zero-order valence-electron chi connectivity index (χ0n) is 8.41. The predicted octanol–water partition coefficient (Wildman–Crippen LogP) is 2.10. The molecule has 1 aliphatic rings. The molecule has 0 aliphatic carbocycles. The van der Waals surface area contributed by atoms with Gasteiger partial charge in [-0.05, 0) is 13.0 Å². The lowest BCUT2D eigenvalue weighted by atomic mass is 10.3. The Kier molecular flexibility index (Phi) is 3.07. The SMILES string of the molecule is CC1CN(c2ncc(Cl)cc2F)CCO1. The van der Waals surface area contributed by atoms with E-state index < -0.39 is 0 Å². The van der Waals surface area contributed by atoms with Gasteiger partial charge in [0.25, 0.3) is 0 Å². The first-order valence-electron chi connectivity index (χ1n) is 4.84. The second-order valence-corrected chi connectivity index (χ2v) is 4.02. The minimum absolute atomic E-state index is 0.107. The molecule has 2 heterocycles. The van der Waals surface area contributed by atoms with Crippen molar-refractivity contribution in [3.05, 3.63) is 23.1 Å². The molecule has 0 N–H and O–H groups in total. The van der Waals surface area contributed by atoms with Crippen LogP contribution in [0.25, 0.3) is 0 Å². The fourth-order valence-corrected chi connectivity index (χ4v) is 1.80. The van der Waals surface area contributed by atoms with Crippen molar-refractivity contribution in [3.8, 4) is 0 Å². The van der Waals surface area contributed by atoms with Gasteiger partial charge >= 0.3 is 0 Å². The molecule has 0 bridgehead atoms. The van der Waals surface area contributed by atoms with E-state index in [1.165, 1.54) is 12.3 Å². The van der Waals surface area contributed by atoms with Crippen LogP contribution in [-0.4, -0.2) is 30.8 Å². The van der Waals surface area contributed by atoms with E-state index in [1.807, 2.05) is 11.8 Å². The summed E-state index contributed by atoms with van der Waals surface area (Å²) >= 11 is 5.64. The third kappa shape index (κ3) is 2.38. The fourth-order valence-electron chi connectivity index (χ4n) is 1.65. The molecule has 2 rings (SSSR count). The van der Waals surface area contributed by atoms with Gasteiger partial charge in [0, 0.05) is 19.3 Å². The molecule has 3 nitrogen and oxygen atoms in total. The van der Waals surface area contributed by atoms with Crippen LogP contribution in [0.15, 0.2) is 12.3 Å². The molecule has 1 saturated heterocycles. The number of ether oxygens (including phenoxy) is 1. The predicted molar refractivity (Wildman–Crippen MR) is 56.8 cm³/mol. The average Bonchev–Trinajstić information content (AvgIpc) is 2.17. The van der Waals surface area contributed by atoms with Crippen LogP contribution in [0.5, 0.6) is 0 Å². The Morgan fingerprint density at radius 1 is 1.67 bits per heavy atom. The smallest absolute Gasteiger partial charge is 0.167 e. The van der Waals surface area contributed by atoms with E-state index in [9.17, 15) is 4.39 Å². The van der Waals surface area contributed by atoms with E-state index in [-0.39, 0.29) is 11.9 Å². The largest absolute Gasteiger partial charge is 0.375 e. The normalized spacial score (nSPS) is 21.8. The van der Waals surface area contributed by atoms with Crippen LogP contribution < -0.4 is 4.90 Å². The summed E-state index contributed by atoms with van der Waals surface area (Å²) in [6.45, 7) is 3.88. The highest BCUT2D eigenvalue weighted by Crippen LogP contribution is 2.21. The van der Waals surface area contributed by atoms with Crippen LogP contribution in [0.1, 0.15) is 6.92 Å². The Morgan fingerprint density at radius 2 is 2.47 bits per heavy atom. The molecule has 5 heteroatoms. The zero-order valence-corrected chi connectivity index (χ0v) is 9.17. The summed E-state index contributed by atoms with van der Waals surface area (Å²) in [7, 11) is 0. The molecule has 0 saturated carbocycles. The van der Waals surface area contributed by atoms with Gasteiger partial charge in [-0.15, -0.1) is 0 Å². The van der Waals surface area contributed by atoms with Gasteiger partial charge in [-0.2, -0.15) is 0 Å². The van der Waals surface area contributed by atoms with Crippen molar-refractivity contribution in [2.45, 2.75) is 13.0 Å². The molecule has 0 amide bonds. The number of morpholine rings is 1. The highest BCUT2D eigenvalue weighted by Gasteiger charge is 2.20. The summed E-state index contributed by atoms with van der Waals surface area (Å²) in [5.41, 5.74) is 0. The number of hydrogen-bond donors (Lipinski definition) is 0. The van der Waals surface area contributed by atoms with Crippen molar-refractivity contribution in [2.75, 3.05) is 24.6 Å². The summed E-state index contributed by atoms with van der Waals surface area (Å²) in [6.07, 6.45) is 1.57. The van der Waals surface area contributed by atoms with Gasteiger partial charge in [0.2, 0.25) is 0 Å². The van der Waals surface area contributed by atoms with E-state index in [4.69, 9.17) is 16.3 Å². The first-order chi connectivity index (χ1) is 7.16. The topological polar surface area (TPSA) is 25.4 Å². The van der Waals surface area contributed by atoms with E-state index in [0.29, 0.717) is 30.5 Å². The number of aromatic nitrogens is 1. The maximum absolute atomic E-state index is 13.5. The van der Waals surface area contributed by atoms with Crippen molar-refractivity contribution in [2.24, 2.45) is 0 Å². The lowest BCUT2D eigenvalue weighted by Gasteiger charge is -2.32. The van der Waals surface area contributed by atoms with Crippen LogP contribution in [0, 0.1) is 5.82 Å². The summed E-state index contributed by atoms with van der Waals surface area (Å²) in [6, 6.07) is 1.28. The van der Waals surface area contributed by atoms with Crippen LogP contribution in [-0.2, 0) is 4.74 Å². The Morgan fingerprint density at radius 3 is 3.13 bits per heavy atom. The summed E-state index contributed by atoms with van der Waals surface area (Å²) < 4.78 is 18.9. The van der Waals surface area contributed by atoms with Gasteiger partial charge in [0.1, 0.15) is 0 Å². The van der Waals surface area contributed by atoms with Gasteiger partial charge < -0.3 is 9.64 Å². The molecule has 1 unspecified atom stereocenters. The first-order valence-corrected chi connectivity index (χ1v) is 5.22. The van der Waals surface area contributed by atoms with Gasteiger partial charge in [-0.25, -0.2) is 9.37 Å². The summed E-state index contributed by atoms with van der Waals surface area (Å²) in [5.74, 6) is -0.0221. The number of hydrogen-bond acceptors (Lipinski definition) is 3. The van der Waals surface area contributed by atoms with Gasteiger partial charge in [0.05, 0.1) is 17.7 Å². The van der Waals surface area contributed by atoms with Crippen LogP contribution in [0.3, 0.4) is 0 Å². The lowest BCUT2D eigenvalue weighted by Crippen LogP contribution is -2.41. The molecular formula is C10H12ClFN2O. The Bertz CT molecular complexity index is 361. The molecule has 1 atom stereocenters. The lowest BCUT2D eigenvalue weighted by molar-refractivity contribution is 0.0527. The third-order valence-corrected chi connectivity index (χ3v) is 2.54. The van der Waals surface area contributed by atoms with Crippen molar-refractivity contribution in [3.63, 3.8) is 0 Å². The number of rotatable bonds is 1. The quantitative estimate of drug-likeness (QED) is 0.739. The zero-order chi connectivity index (χ0) is 10.8.